The summed E-state index contributed by atoms with van der Waals surface area (Å²) in [5, 5.41) is 4.11. The zero-order chi connectivity index (χ0) is 15.4. The molecule has 2 aromatic rings. The number of rotatable bonds is 5. The smallest absolute Gasteiger partial charge is 0.137 e. The number of halogens is 3. The molecule has 0 aromatic heterocycles. The Hall–Kier alpha value is -0.550. The van der Waals surface area contributed by atoms with Crippen LogP contribution in [0.15, 0.2) is 45.3 Å². The highest BCUT2D eigenvalue weighted by atomic mass is 79.9. The molecule has 0 aliphatic rings. The molecule has 0 bridgehead atoms. The van der Waals surface area contributed by atoms with Gasteiger partial charge in [-0.05, 0) is 41.9 Å². The Kier molecular flexibility index (Phi) is 6.11. The van der Waals surface area contributed by atoms with Crippen LogP contribution < -0.4 is 10.1 Å². The number of ether oxygens (including phenoxy) is 1. The molecule has 2 nitrogen and oxygen atoms in total. The first-order valence-electron chi connectivity index (χ1n) is 6.58. The molecule has 2 rings (SSSR count). The summed E-state index contributed by atoms with van der Waals surface area (Å²) in [5.41, 5.74) is 2.27. The third kappa shape index (κ3) is 4.01. The predicted molar refractivity (Wildman–Crippen MR) is 95.4 cm³/mol. The first-order chi connectivity index (χ1) is 10.1. The molecule has 0 saturated heterocycles. The fourth-order valence-corrected chi connectivity index (χ4v) is 3.75. The highest BCUT2D eigenvalue weighted by molar-refractivity contribution is 9.11. The van der Waals surface area contributed by atoms with Crippen molar-refractivity contribution in [3.63, 3.8) is 0 Å². The maximum absolute atomic E-state index is 6.25. The Morgan fingerprint density at radius 2 is 1.95 bits per heavy atom. The summed E-state index contributed by atoms with van der Waals surface area (Å²) >= 11 is 13.4. The number of nitrogens with one attached hydrogen (secondary N) is 1. The van der Waals surface area contributed by atoms with Crippen molar-refractivity contribution in [2.45, 2.75) is 13.0 Å². The average Bonchev–Trinajstić information content (AvgIpc) is 2.45. The third-order valence-corrected chi connectivity index (χ3v) is 4.67. The van der Waals surface area contributed by atoms with Crippen molar-refractivity contribution in [2.24, 2.45) is 0 Å². The van der Waals surface area contributed by atoms with Gasteiger partial charge in [-0.15, -0.1) is 0 Å². The fraction of sp³-hybridized carbons (Fsp3) is 0.250. The maximum atomic E-state index is 6.25. The monoisotopic (exact) mass is 431 g/mol. The summed E-state index contributed by atoms with van der Waals surface area (Å²) in [4.78, 5) is 0. The standard InChI is InChI=1S/C16H16Br2ClNO/c1-3-20-16(12-6-5-11(17)9-13(12)18)10-4-7-15(21-2)14(19)8-10/h4-9,16,20H,3H2,1-2H3. The van der Waals surface area contributed by atoms with Crippen LogP contribution in [0.1, 0.15) is 24.1 Å². The van der Waals surface area contributed by atoms with Crippen molar-refractivity contribution >= 4 is 43.5 Å². The Balaban J connectivity index is 2.45. The van der Waals surface area contributed by atoms with Crippen LogP contribution in [0.2, 0.25) is 5.02 Å². The minimum absolute atomic E-state index is 0.0703. The quantitative estimate of drug-likeness (QED) is 0.665. The molecule has 0 heterocycles. The van der Waals surface area contributed by atoms with E-state index in [0.29, 0.717) is 10.8 Å². The lowest BCUT2D eigenvalue weighted by molar-refractivity contribution is 0.414. The summed E-state index contributed by atoms with van der Waals surface area (Å²) in [6, 6.07) is 12.1. The minimum atomic E-state index is 0.0703. The van der Waals surface area contributed by atoms with Gasteiger partial charge in [0.2, 0.25) is 0 Å². The maximum Gasteiger partial charge on any atom is 0.137 e. The molecular weight excluding hydrogens is 417 g/mol. The number of hydrogen-bond donors (Lipinski definition) is 1. The highest BCUT2D eigenvalue weighted by Gasteiger charge is 2.17. The number of hydrogen-bond acceptors (Lipinski definition) is 2. The van der Waals surface area contributed by atoms with Crippen molar-refractivity contribution in [3.8, 4) is 5.75 Å². The summed E-state index contributed by atoms with van der Waals surface area (Å²) in [6.45, 7) is 2.95. The van der Waals surface area contributed by atoms with Crippen molar-refractivity contribution in [3.05, 3.63) is 61.5 Å². The minimum Gasteiger partial charge on any atom is -0.495 e. The van der Waals surface area contributed by atoms with Crippen LogP contribution in [-0.2, 0) is 0 Å². The molecule has 2 aromatic carbocycles. The molecule has 0 radical (unpaired) electrons. The normalized spacial score (nSPS) is 12.2. The van der Waals surface area contributed by atoms with Gasteiger partial charge in [-0.3, -0.25) is 0 Å². The van der Waals surface area contributed by atoms with E-state index in [0.717, 1.165) is 21.1 Å². The molecule has 0 amide bonds. The predicted octanol–water partition coefficient (Wildman–Crippen LogP) is 5.57. The van der Waals surface area contributed by atoms with Gasteiger partial charge in [0.15, 0.2) is 0 Å². The van der Waals surface area contributed by atoms with Gasteiger partial charge < -0.3 is 10.1 Å². The van der Waals surface area contributed by atoms with Crippen LogP contribution in [0.5, 0.6) is 5.75 Å². The number of methoxy groups -OCH3 is 1. The first kappa shape index (κ1) is 16.8. The Morgan fingerprint density at radius 1 is 1.19 bits per heavy atom. The van der Waals surface area contributed by atoms with E-state index in [-0.39, 0.29) is 6.04 Å². The summed E-state index contributed by atoms with van der Waals surface area (Å²) in [5.74, 6) is 0.686. The molecule has 112 valence electrons. The molecule has 0 spiro atoms. The van der Waals surface area contributed by atoms with Crippen LogP contribution in [0, 0.1) is 0 Å². The topological polar surface area (TPSA) is 21.3 Å². The van der Waals surface area contributed by atoms with Gasteiger partial charge in [0, 0.05) is 8.95 Å². The molecule has 21 heavy (non-hydrogen) atoms. The van der Waals surface area contributed by atoms with Crippen molar-refractivity contribution < 1.29 is 4.74 Å². The molecular formula is C16H16Br2ClNO. The van der Waals surface area contributed by atoms with Crippen molar-refractivity contribution in [1.29, 1.82) is 0 Å². The Morgan fingerprint density at radius 3 is 2.52 bits per heavy atom. The molecule has 5 heteroatoms. The first-order valence-corrected chi connectivity index (χ1v) is 8.55. The van der Waals surface area contributed by atoms with Crippen molar-refractivity contribution in [1.82, 2.24) is 5.32 Å². The third-order valence-electron chi connectivity index (χ3n) is 3.19. The van der Waals surface area contributed by atoms with Gasteiger partial charge in [-0.25, -0.2) is 0 Å². The van der Waals surface area contributed by atoms with Crippen LogP contribution in [-0.4, -0.2) is 13.7 Å². The molecule has 1 atom stereocenters. The van der Waals surface area contributed by atoms with Crippen LogP contribution in [0.4, 0.5) is 0 Å². The summed E-state index contributed by atoms with van der Waals surface area (Å²) < 4.78 is 7.31. The molecule has 0 saturated carbocycles. The van der Waals surface area contributed by atoms with E-state index >= 15 is 0 Å². The number of benzene rings is 2. The highest BCUT2D eigenvalue weighted by Crippen LogP contribution is 2.34. The second kappa shape index (κ2) is 7.63. The van der Waals surface area contributed by atoms with Crippen LogP contribution in [0.25, 0.3) is 0 Å². The Labute approximate surface area is 147 Å². The van der Waals surface area contributed by atoms with Crippen LogP contribution >= 0.6 is 43.5 Å². The summed E-state index contributed by atoms with van der Waals surface area (Å²) in [7, 11) is 1.62. The van der Waals surface area contributed by atoms with Gasteiger partial charge in [-0.1, -0.05) is 62.5 Å². The average molecular weight is 434 g/mol. The fourth-order valence-electron chi connectivity index (χ4n) is 2.21. The second-order valence-corrected chi connectivity index (χ2v) is 6.73. The Bertz CT molecular complexity index is 634. The van der Waals surface area contributed by atoms with E-state index < -0.39 is 0 Å². The lowest BCUT2D eigenvalue weighted by Crippen LogP contribution is -2.22. The molecule has 0 aliphatic carbocycles. The van der Waals surface area contributed by atoms with E-state index in [4.69, 9.17) is 16.3 Å². The van der Waals surface area contributed by atoms with Crippen molar-refractivity contribution in [2.75, 3.05) is 13.7 Å². The van der Waals surface area contributed by atoms with E-state index in [1.54, 1.807) is 7.11 Å². The molecule has 0 aliphatic heterocycles. The summed E-state index contributed by atoms with van der Waals surface area (Å²) in [6.07, 6.45) is 0. The van der Waals surface area contributed by atoms with Gasteiger partial charge >= 0.3 is 0 Å². The lowest BCUT2D eigenvalue weighted by atomic mass is 9.98. The second-order valence-electron chi connectivity index (χ2n) is 4.55. The molecule has 0 fully saturated rings. The van der Waals surface area contributed by atoms with Crippen LogP contribution in [0.3, 0.4) is 0 Å². The van der Waals surface area contributed by atoms with Gasteiger partial charge in [-0.2, -0.15) is 0 Å². The lowest BCUT2D eigenvalue weighted by Gasteiger charge is -2.21. The molecule has 1 unspecified atom stereocenters. The van der Waals surface area contributed by atoms with Gasteiger partial charge in [0.25, 0.3) is 0 Å². The molecule has 1 N–H and O–H groups in total. The van der Waals surface area contributed by atoms with Gasteiger partial charge in [0.05, 0.1) is 18.2 Å². The van der Waals surface area contributed by atoms with Gasteiger partial charge in [0.1, 0.15) is 5.75 Å². The zero-order valence-corrected chi connectivity index (χ0v) is 15.7. The van der Waals surface area contributed by atoms with E-state index in [9.17, 15) is 0 Å². The van der Waals surface area contributed by atoms with E-state index in [1.165, 1.54) is 5.56 Å². The zero-order valence-electron chi connectivity index (χ0n) is 11.8. The largest absolute Gasteiger partial charge is 0.495 e. The van der Waals surface area contributed by atoms with E-state index in [2.05, 4.69) is 50.2 Å². The SMILES string of the molecule is CCNC(c1ccc(OC)c(Cl)c1)c1ccc(Br)cc1Br. The van der Waals surface area contributed by atoms with E-state index in [1.807, 2.05) is 30.3 Å².